The van der Waals surface area contributed by atoms with Gasteiger partial charge in [-0.1, -0.05) is 25.1 Å². The first-order valence-electron chi connectivity index (χ1n) is 28.9. The summed E-state index contributed by atoms with van der Waals surface area (Å²) >= 11 is 1.59. The number of aryl methyl sites for hydroxylation is 1. The van der Waals surface area contributed by atoms with Gasteiger partial charge >= 0.3 is 196 Å². The third kappa shape index (κ3) is 21.5. The number of nitrogens with zero attached hydrogens (tertiary/aromatic N) is 3. The smallest absolute Gasteiger partial charge is 0.326 e. The minimum absolute atomic E-state index is 0.0524. The van der Waals surface area contributed by atoms with Crippen LogP contribution in [0.2, 0.25) is 26.6 Å². The summed E-state index contributed by atoms with van der Waals surface area (Å²) in [4.78, 5) is 73.5. The number of nitrogens with two attached hydrogens (primary N) is 1. The molecular weight excluding hydrogens is 1380 g/mol. The Labute approximate surface area is 503 Å². The Hall–Kier alpha value is -4.58. The predicted molar refractivity (Wildman–Crippen MR) is 335 cm³/mol. The number of ketones is 1. The number of phenols is 1. The number of phenolic OH excluding ortho intramolecular Hbond substituents is 1. The number of carbonyl (C=O) groups excluding carboxylic acids is 2. The molecular formula is C60H85Br2N7O10Sn2. The molecule has 1 atom stereocenters. The molecule has 6 aromatic rings. The van der Waals surface area contributed by atoms with Gasteiger partial charge < -0.3 is 36.1 Å². The summed E-state index contributed by atoms with van der Waals surface area (Å²) in [7, 11) is 0. The molecule has 3 heterocycles. The fourth-order valence-corrected chi connectivity index (χ4v) is 65.9. The van der Waals surface area contributed by atoms with Crippen molar-refractivity contribution >= 4 is 127 Å². The number of nitrogens with one attached hydrogen (secondary N) is 3. The number of aromatic hydroxyl groups is 1. The largest absolute Gasteiger partial charge is 0.506 e. The first-order valence-corrected chi connectivity index (χ1v) is 44.9. The first kappa shape index (κ1) is 68.9. The van der Waals surface area contributed by atoms with Crippen LogP contribution in [0.25, 0.3) is 22.1 Å². The van der Waals surface area contributed by atoms with Crippen LogP contribution in [-0.4, -0.2) is 103 Å². The van der Waals surface area contributed by atoms with Gasteiger partial charge in [-0.15, -0.1) is 0 Å². The van der Waals surface area contributed by atoms with E-state index in [1.807, 2.05) is 31.2 Å². The number of nitrogen functional groups attached to an aromatic ring is 1. The fourth-order valence-electron chi connectivity index (χ4n) is 9.70. The van der Waals surface area contributed by atoms with E-state index < -0.39 is 67.0 Å². The van der Waals surface area contributed by atoms with Crippen LogP contribution in [0, 0.1) is 0 Å². The van der Waals surface area contributed by atoms with Gasteiger partial charge in [0.1, 0.15) is 23.1 Å². The molecule has 6 rings (SSSR count). The summed E-state index contributed by atoms with van der Waals surface area (Å²) in [5, 5.41) is 33.8. The fraction of sp³-hybridized carbons (Fsp3) is 0.500. The maximum absolute atomic E-state index is 12.9. The Morgan fingerprint density at radius 3 is 1.74 bits per heavy atom. The number of anilines is 2. The molecule has 17 nitrogen and oxygen atoms in total. The van der Waals surface area contributed by atoms with Crippen LogP contribution in [0.15, 0.2) is 85.0 Å². The van der Waals surface area contributed by atoms with Gasteiger partial charge in [0.2, 0.25) is 5.95 Å². The zero-order valence-electron chi connectivity index (χ0n) is 48.4. The Kier molecular flexibility index (Phi) is 30.2. The number of aromatic amines is 1. The molecule has 0 saturated heterocycles. The Balaban J connectivity index is 0.000000266. The molecule has 81 heavy (non-hydrogen) atoms. The number of rotatable bonds is 32. The van der Waals surface area contributed by atoms with Crippen molar-refractivity contribution in [2.75, 3.05) is 11.1 Å². The van der Waals surface area contributed by atoms with Gasteiger partial charge in [0, 0.05) is 35.0 Å². The second kappa shape index (κ2) is 35.5. The molecule has 0 aliphatic rings. The van der Waals surface area contributed by atoms with E-state index in [0.717, 1.165) is 5.39 Å². The first-order chi connectivity index (χ1) is 38.8. The molecule has 0 aliphatic heterocycles. The van der Waals surface area contributed by atoms with Gasteiger partial charge in [-0.2, -0.15) is 4.98 Å². The molecule has 0 fully saturated rings. The van der Waals surface area contributed by atoms with Crippen molar-refractivity contribution in [1.29, 1.82) is 0 Å². The quantitative estimate of drug-likeness (QED) is 0.0153. The number of unbranched alkanes of at least 4 members (excludes halogenated alkanes) is 6. The number of carboxylic acid groups (broad SMARTS) is 2. The second-order valence-electron chi connectivity index (χ2n) is 20.7. The molecule has 0 bridgehead atoms. The van der Waals surface area contributed by atoms with Gasteiger partial charge in [-0.05, 0) is 80.7 Å². The number of halogens is 2. The van der Waals surface area contributed by atoms with Crippen molar-refractivity contribution in [2.45, 2.75) is 184 Å². The number of furan rings is 1. The van der Waals surface area contributed by atoms with Crippen LogP contribution in [0.1, 0.15) is 176 Å². The molecule has 0 aliphatic carbocycles. The van der Waals surface area contributed by atoms with Crippen molar-refractivity contribution in [1.82, 2.24) is 25.3 Å². The van der Waals surface area contributed by atoms with Crippen LogP contribution in [-0.2, 0) is 24.0 Å². The van der Waals surface area contributed by atoms with Crippen LogP contribution in [0.5, 0.6) is 5.75 Å². The number of benzene rings is 3. The third-order valence-electron chi connectivity index (χ3n) is 14.2. The zero-order valence-corrected chi connectivity index (χ0v) is 57.2. The van der Waals surface area contributed by atoms with E-state index in [0.29, 0.717) is 49.2 Å². The third-order valence-corrected chi connectivity index (χ3v) is 56.1. The number of amides is 1. The van der Waals surface area contributed by atoms with Crippen molar-refractivity contribution in [3.8, 4) is 5.75 Å². The van der Waals surface area contributed by atoms with Crippen LogP contribution in [0.4, 0.5) is 11.6 Å². The van der Waals surface area contributed by atoms with E-state index in [-0.39, 0.29) is 53.6 Å². The summed E-state index contributed by atoms with van der Waals surface area (Å²) < 4.78 is 23.8. The summed E-state index contributed by atoms with van der Waals surface area (Å²) in [6, 6.07) is 15.6. The zero-order chi connectivity index (χ0) is 59.5. The van der Waals surface area contributed by atoms with Gasteiger partial charge in [0.15, 0.2) is 16.9 Å². The minimum atomic E-state index is -2.46. The molecule has 0 saturated carbocycles. The molecule has 1 amide bonds. The van der Waals surface area contributed by atoms with E-state index in [4.69, 9.17) is 21.8 Å². The average molecular weight is 1460 g/mol. The summed E-state index contributed by atoms with van der Waals surface area (Å²) in [5.74, 6) is -2.53. The molecule has 8 N–H and O–H groups in total. The second-order valence-corrected chi connectivity index (χ2v) is 48.9. The molecule has 0 unspecified atom stereocenters. The van der Waals surface area contributed by atoms with Gasteiger partial charge in [0.05, 0.1) is 32.9 Å². The van der Waals surface area contributed by atoms with Crippen molar-refractivity contribution in [3.63, 3.8) is 0 Å². The maximum Gasteiger partial charge on any atom is 0.326 e. The maximum atomic E-state index is 12.9. The topological polar surface area (TPSA) is 273 Å². The number of fused-ring (bicyclic) bond motifs is 2. The number of hydrogen-bond donors (Lipinski definition) is 7. The summed E-state index contributed by atoms with van der Waals surface area (Å²) in [6.07, 6.45) is 18.3. The molecule has 442 valence electrons. The monoisotopic (exact) mass is 1460 g/mol. The standard InChI is InChI=1S/C19H19N7O6.C17H12Br2O3.6C4H9.O.2Sn/c20-19-25-15-14(17(30)26-19)23-11(8-22-15)7-21-10-3-1-9(2-4-10)16(29)24-12(18(31)32)5-6-13(27)28;1-2-13-15(10-5-3-4-6-14(10)22-13)16(20)9-7-11(18)17(21)12(19)8-9;6*1-3-4-2;;;/h1-4,8,12,21H,5-7H2,(H,24,29)(H,27,28)(H,31,32)(H3,20,22,25,26,30);3-8,21H,2H2,1H3;6*1,3-4H2,2H3;;;/t12-;;;;;;;;;;/m0........../s1. The summed E-state index contributed by atoms with van der Waals surface area (Å²) in [6.45, 7) is 16.5. The van der Waals surface area contributed by atoms with E-state index >= 15 is 0 Å². The Morgan fingerprint density at radius 2 is 1.26 bits per heavy atom. The molecule has 3 aromatic carbocycles. The van der Waals surface area contributed by atoms with E-state index in [1.165, 1.54) is 122 Å². The molecule has 3 aromatic heterocycles. The number of H-pyrrole nitrogens is 1. The van der Waals surface area contributed by atoms with Gasteiger partial charge in [0.25, 0.3) is 11.5 Å². The van der Waals surface area contributed by atoms with Gasteiger partial charge in [-0.3, -0.25) is 24.2 Å². The normalized spacial score (nSPS) is 11.8. The van der Waals surface area contributed by atoms with E-state index in [1.54, 1.807) is 24.3 Å². The van der Waals surface area contributed by atoms with E-state index in [9.17, 15) is 29.1 Å². The minimum Gasteiger partial charge on any atom is -0.506 e. The molecule has 21 heteroatoms. The molecule has 0 spiro atoms. The van der Waals surface area contributed by atoms with Gasteiger partial charge in [-0.25, -0.2) is 14.8 Å². The number of carboxylic acids is 2. The number of aromatic nitrogens is 4. The summed E-state index contributed by atoms with van der Waals surface area (Å²) in [5.41, 5.74) is 8.25. The SMILES string of the molecule is CCC[CH2][Sn]([CH2]CCC)([CH2]CCC)[O][Sn]([CH2]CCC)([CH2]CCC)[CH2]CCC.CCc1oc2ccccc2c1C(=O)c1cc(Br)c(O)c(Br)c1.Nc1nc2ncc(CNc3ccc(C(=O)N[C@@H](CCC(=O)O)C(=O)O)cc3)nc2c(=O)[nH]1. The molecule has 0 radical (unpaired) electrons. The Bertz CT molecular complexity index is 2930. The number of para-hydroxylation sites is 1. The van der Waals surface area contributed by atoms with Crippen molar-refractivity contribution < 1.29 is 40.3 Å². The predicted octanol–water partition coefficient (Wildman–Crippen LogP) is 15.1. The van der Waals surface area contributed by atoms with Crippen molar-refractivity contribution in [3.05, 3.63) is 114 Å². The number of hydrogen-bond acceptors (Lipinski definition) is 13. The van der Waals surface area contributed by atoms with Crippen LogP contribution < -0.4 is 21.9 Å². The Morgan fingerprint density at radius 1 is 0.741 bits per heavy atom. The van der Waals surface area contributed by atoms with Crippen LogP contribution in [0.3, 0.4) is 0 Å². The average Bonchev–Trinajstić information content (AvgIpc) is 3.90. The van der Waals surface area contributed by atoms with Crippen LogP contribution >= 0.6 is 31.9 Å². The number of aliphatic carboxylic acids is 2. The number of carbonyl (C=O) groups is 4. The van der Waals surface area contributed by atoms with E-state index in [2.05, 4.69) is 104 Å². The van der Waals surface area contributed by atoms with Crippen molar-refractivity contribution in [2.24, 2.45) is 0 Å².